The fourth-order valence-electron chi connectivity index (χ4n) is 2.74. The molecule has 0 aromatic heterocycles. The summed E-state index contributed by atoms with van der Waals surface area (Å²) in [7, 11) is -3.19. The molecule has 0 amide bonds. The maximum absolute atomic E-state index is 12.4. The van der Waals surface area contributed by atoms with E-state index in [1.54, 1.807) is 8.61 Å². The summed E-state index contributed by atoms with van der Waals surface area (Å²) < 4.78 is 28.0. The lowest BCUT2D eigenvalue weighted by Gasteiger charge is -2.30. The topological polar surface area (TPSA) is 66.6 Å². The highest BCUT2D eigenvalue weighted by Crippen LogP contribution is 2.25. The summed E-state index contributed by atoms with van der Waals surface area (Å²) in [6.07, 6.45) is 5.05. The Morgan fingerprint density at radius 2 is 1.76 bits per heavy atom. The largest absolute Gasteiger partial charge is 0.330 e. The van der Waals surface area contributed by atoms with Gasteiger partial charge in [-0.05, 0) is 38.1 Å². The molecule has 2 heterocycles. The normalized spacial score (nSPS) is 28.6. The van der Waals surface area contributed by atoms with Gasteiger partial charge in [-0.3, -0.25) is 0 Å². The van der Waals surface area contributed by atoms with Gasteiger partial charge in [-0.2, -0.15) is 17.0 Å². The minimum Gasteiger partial charge on any atom is -0.330 e. The van der Waals surface area contributed by atoms with Crippen LogP contribution in [0.15, 0.2) is 0 Å². The summed E-state index contributed by atoms with van der Waals surface area (Å²) in [6.45, 7) is 3.38. The third-order valence-electron chi connectivity index (χ3n) is 3.79. The molecule has 2 aliphatic heterocycles. The van der Waals surface area contributed by atoms with Crippen LogP contribution in [0.5, 0.6) is 0 Å². The first-order chi connectivity index (χ1) is 8.14. The predicted octanol–water partition coefficient (Wildman–Crippen LogP) is 0.388. The van der Waals surface area contributed by atoms with Crippen LogP contribution in [0, 0.1) is 5.92 Å². The van der Waals surface area contributed by atoms with Gasteiger partial charge in [0.1, 0.15) is 0 Å². The quantitative estimate of drug-likeness (QED) is 0.796. The van der Waals surface area contributed by atoms with Crippen molar-refractivity contribution in [1.82, 2.24) is 8.61 Å². The van der Waals surface area contributed by atoms with E-state index in [-0.39, 0.29) is 0 Å². The van der Waals surface area contributed by atoms with Crippen molar-refractivity contribution in [1.29, 1.82) is 0 Å². The van der Waals surface area contributed by atoms with Gasteiger partial charge in [-0.1, -0.05) is 6.42 Å². The zero-order chi connectivity index (χ0) is 12.3. The van der Waals surface area contributed by atoms with Crippen LogP contribution in [0.3, 0.4) is 0 Å². The van der Waals surface area contributed by atoms with Gasteiger partial charge in [0.25, 0.3) is 10.2 Å². The van der Waals surface area contributed by atoms with Crippen molar-refractivity contribution < 1.29 is 8.42 Å². The van der Waals surface area contributed by atoms with Gasteiger partial charge in [0.05, 0.1) is 0 Å². The first kappa shape index (κ1) is 13.3. The molecule has 2 rings (SSSR count). The Morgan fingerprint density at radius 3 is 2.41 bits per heavy atom. The van der Waals surface area contributed by atoms with Crippen LogP contribution in [0.1, 0.15) is 32.1 Å². The number of piperidine rings is 1. The van der Waals surface area contributed by atoms with Gasteiger partial charge in [0.2, 0.25) is 0 Å². The minimum absolute atomic E-state index is 0.458. The molecule has 2 fully saturated rings. The first-order valence-corrected chi connectivity index (χ1v) is 7.99. The van der Waals surface area contributed by atoms with E-state index in [1.165, 1.54) is 0 Å². The van der Waals surface area contributed by atoms with Crippen LogP contribution in [0.2, 0.25) is 0 Å². The van der Waals surface area contributed by atoms with Crippen LogP contribution >= 0.6 is 0 Å². The molecule has 100 valence electrons. The predicted molar refractivity (Wildman–Crippen MR) is 67.7 cm³/mol. The monoisotopic (exact) mass is 261 g/mol. The minimum atomic E-state index is -3.19. The second-order valence-corrected chi connectivity index (χ2v) is 6.99. The van der Waals surface area contributed by atoms with Crippen LogP contribution < -0.4 is 5.73 Å². The molecule has 0 aliphatic carbocycles. The highest BCUT2D eigenvalue weighted by atomic mass is 32.2. The third kappa shape index (κ3) is 2.99. The van der Waals surface area contributed by atoms with E-state index in [0.29, 0.717) is 38.6 Å². The van der Waals surface area contributed by atoms with E-state index in [1.807, 2.05) is 0 Å². The lowest BCUT2D eigenvalue weighted by Crippen LogP contribution is -2.45. The van der Waals surface area contributed by atoms with Crippen molar-refractivity contribution in [2.24, 2.45) is 11.7 Å². The van der Waals surface area contributed by atoms with E-state index in [9.17, 15) is 8.42 Å². The second-order valence-electron chi connectivity index (χ2n) is 5.06. The van der Waals surface area contributed by atoms with E-state index in [2.05, 4.69) is 0 Å². The van der Waals surface area contributed by atoms with Crippen molar-refractivity contribution >= 4 is 10.2 Å². The van der Waals surface area contributed by atoms with Crippen LogP contribution in [0.4, 0.5) is 0 Å². The molecule has 0 saturated carbocycles. The highest BCUT2D eigenvalue weighted by molar-refractivity contribution is 7.86. The molecular formula is C11H23N3O2S. The number of rotatable bonds is 4. The van der Waals surface area contributed by atoms with Crippen molar-refractivity contribution in [3.63, 3.8) is 0 Å². The molecule has 2 saturated heterocycles. The van der Waals surface area contributed by atoms with Gasteiger partial charge in [-0.15, -0.1) is 0 Å². The van der Waals surface area contributed by atoms with Crippen LogP contribution in [0.25, 0.3) is 0 Å². The van der Waals surface area contributed by atoms with Crippen molar-refractivity contribution in [2.75, 3.05) is 32.7 Å². The van der Waals surface area contributed by atoms with Crippen LogP contribution in [-0.4, -0.2) is 49.8 Å². The fraction of sp³-hybridized carbons (Fsp3) is 1.00. The van der Waals surface area contributed by atoms with E-state index in [4.69, 9.17) is 5.73 Å². The molecule has 1 atom stereocenters. The Morgan fingerprint density at radius 1 is 1.06 bits per heavy atom. The number of nitrogens with zero attached hydrogens (tertiary/aromatic N) is 2. The Hall–Kier alpha value is -0.170. The van der Waals surface area contributed by atoms with Gasteiger partial charge in [0, 0.05) is 26.2 Å². The summed E-state index contributed by atoms with van der Waals surface area (Å²) in [6, 6.07) is 0. The lowest BCUT2D eigenvalue weighted by molar-refractivity contribution is 0.313. The first-order valence-electron chi connectivity index (χ1n) is 6.60. The molecule has 0 bridgehead atoms. The smallest absolute Gasteiger partial charge is 0.281 e. The highest BCUT2D eigenvalue weighted by Gasteiger charge is 2.35. The fourth-order valence-corrected chi connectivity index (χ4v) is 4.52. The van der Waals surface area contributed by atoms with Gasteiger partial charge < -0.3 is 5.73 Å². The Labute approximate surface area is 104 Å². The molecule has 0 aromatic rings. The Kier molecular flexibility index (Phi) is 4.41. The lowest BCUT2D eigenvalue weighted by atomic mass is 10.1. The van der Waals surface area contributed by atoms with Gasteiger partial charge in [-0.25, -0.2) is 0 Å². The molecule has 0 aromatic carbocycles. The van der Waals surface area contributed by atoms with Gasteiger partial charge in [0.15, 0.2) is 0 Å². The molecule has 0 radical (unpaired) electrons. The zero-order valence-electron chi connectivity index (χ0n) is 10.3. The molecular weight excluding hydrogens is 238 g/mol. The average molecular weight is 261 g/mol. The van der Waals surface area contributed by atoms with Crippen molar-refractivity contribution in [3.05, 3.63) is 0 Å². The summed E-state index contributed by atoms with van der Waals surface area (Å²) in [5, 5.41) is 0. The standard InChI is InChI=1S/C11H23N3O2S/c12-6-4-11-5-9-14(10-11)17(15,16)13-7-2-1-3-8-13/h11H,1-10,12H2. The molecule has 2 aliphatic rings. The van der Waals surface area contributed by atoms with Crippen LogP contribution in [-0.2, 0) is 10.2 Å². The molecule has 17 heavy (non-hydrogen) atoms. The summed E-state index contributed by atoms with van der Waals surface area (Å²) in [5.74, 6) is 0.458. The molecule has 0 spiro atoms. The van der Waals surface area contributed by atoms with Gasteiger partial charge >= 0.3 is 0 Å². The third-order valence-corrected chi connectivity index (χ3v) is 5.79. The SMILES string of the molecule is NCCC1CCN(S(=O)(=O)N2CCCCC2)C1. The maximum atomic E-state index is 12.4. The van der Waals surface area contributed by atoms with E-state index >= 15 is 0 Å². The number of hydrogen-bond acceptors (Lipinski definition) is 3. The van der Waals surface area contributed by atoms with Crippen molar-refractivity contribution in [2.45, 2.75) is 32.1 Å². The average Bonchev–Trinajstić information content (AvgIpc) is 2.80. The summed E-state index contributed by atoms with van der Waals surface area (Å²) in [4.78, 5) is 0. The second kappa shape index (κ2) is 5.65. The maximum Gasteiger partial charge on any atom is 0.281 e. The molecule has 2 N–H and O–H groups in total. The number of hydrogen-bond donors (Lipinski definition) is 1. The number of nitrogens with two attached hydrogens (primary N) is 1. The van der Waals surface area contributed by atoms with Crippen molar-refractivity contribution in [3.8, 4) is 0 Å². The van der Waals surface area contributed by atoms with E-state index < -0.39 is 10.2 Å². The summed E-state index contributed by atoms with van der Waals surface area (Å²) >= 11 is 0. The molecule has 5 nitrogen and oxygen atoms in total. The Balaban J connectivity index is 1.96. The zero-order valence-corrected chi connectivity index (χ0v) is 11.2. The Bertz CT molecular complexity index is 339. The van der Waals surface area contributed by atoms with E-state index in [0.717, 1.165) is 32.1 Å². The molecule has 1 unspecified atom stereocenters. The molecule has 6 heteroatoms. The summed E-state index contributed by atoms with van der Waals surface area (Å²) in [5.41, 5.74) is 5.53.